The molecule has 102 heavy (non-hydrogen) atoms. The molecule has 0 spiro atoms. The van der Waals surface area contributed by atoms with E-state index in [0.717, 1.165) is 85.3 Å². The summed E-state index contributed by atoms with van der Waals surface area (Å²) in [5.41, 5.74) is 24.8. The van der Waals surface area contributed by atoms with Gasteiger partial charge in [-0.25, -0.2) is 0 Å². The monoisotopic (exact) mass is 1360 g/mol. The van der Waals surface area contributed by atoms with E-state index < -0.39 is 5.97 Å². The molecule has 12 nitrogen and oxygen atoms in total. The molecule has 12 aromatic carbocycles. The highest BCUT2D eigenvalue weighted by atomic mass is 16.4. The molecule has 0 saturated carbocycles. The molecule has 0 bridgehead atoms. The van der Waals surface area contributed by atoms with Crippen LogP contribution >= 0.6 is 0 Å². The summed E-state index contributed by atoms with van der Waals surface area (Å²) in [4.78, 5) is 9.52. The Balaban J connectivity index is 0.000000172. The number of nitrogens with two attached hydrogens (primary N) is 1. The van der Waals surface area contributed by atoms with Gasteiger partial charge in [0.15, 0.2) is 0 Å². The summed E-state index contributed by atoms with van der Waals surface area (Å²) >= 11 is 0. The maximum absolute atomic E-state index is 13.2. The highest BCUT2D eigenvalue weighted by Crippen LogP contribution is 2.38. The van der Waals surface area contributed by atoms with Gasteiger partial charge in [0.05, 0.1) is 6.42 Å². The molecule has 10 N–H and O–H groups in total. The number of aromatic hydroxyl groups is 7. The van der Waals surface area contributed by atoms with E-state index in [1.165, 1.54) is 22.4 Å². The average Bonchev–Trinajstić information content (AvgIpc) is 0.791. The number of hydrogen-bond donors (Lipinski definition) is 9. The summed E-state index contributed by atoms with van der Waals surface area (Å²) in [6.07, 6.45) is 2.28. The molecule has 0 aliphatic carbocycles. The lowest BCUT2D eigenvalue weighted by Crippen LogP contribution is -2.47. The number of benzene rings is 12. The van der Waals surface area contributed by atoms with Crippen molar-refractivity contribution in [1.29, 1.82) is 0 Å². The molecular weight excluding hydrogens is 1270 g/mol. The maximum Gasteiger partial charge on any atom is 0.304 e. The molecule has 0 saturated heterocycles. The Kier molecular flexibility index (Phi) is 26.0. The second kappa shape index (κ2) is 35.5. The molecule has 0 aliphatic heterocycles. The molecule has 0 aliphatic rings. The van der Waals surface area contributed by atoms with Crippen molar-refractivity contribution in [2.24, 2.45) is 5.73 Å². The topological polar surface area (TPSA) is 228 Å². The normalized spacial score (nSPS) is 10.9. The largest absolute Gasteiger partial charge is 0.872 e. The van der Waals surface area contributed by atoms with Crippen molar-refractivity contribution < 1.29 is 50.8 Å². The zero-order chi connectivity index (χ0) is 72.9. The first-order chi connectivity index (χ1) is 49.0. The SMILES string of the molecule is Cc1ccc(O)c(Cc2cccc(Cc3cc(C)cc(Cc4cc(C)ccc4O)c3O)c2O)c1.Cc1ccc(O)c(Cc2cccc(Cc3cc(C)cc(Cc4cc(C)ccc4O)c3O)c2[O-])c1.NCCC(=O)O.c1ccc(C[N+](Cc2ccccc2)(Cc2ccccc2)c2ccccc2)cc1. The molecule has 522 valence electrons. The summed E-state index contributed by atoms with van der Waals surface area (Å²) in [7, 11) is 0. The number of nitrogens with zero attached hydrogens (tertiary/aromatic N) is 1. The van der Waals surface area contributed by atoms with Crippen LogP contribution in [0.15, 0.2) is 255 Å². The summed E-state index contributed by atoms with van der Waals surface area (Å²) in [5, 5.41) is 95.1. The summed E-state index contributed by atoms with van der Waals surface area (Å²) in [6, 6.07) is 83.9. The van der Waals surface area contributed by atoms with Gasteiger partial charge in [0, 0.05) is 61.8 Å². The van der Waals surface area contributed by atoms with Crippen LogP contribution < -0.4 is 15.3 Å². The van der Waals surface area contributed by atoms with Gasteiger partial charge < -0.3 is 51.7 Å². The number of rotatable bonds is 21. The van der Waals surface area contributed by atoms with E-state index in [9.17, 15) is 45.6 Å². The first kappa shape index (κ1) is 74.6. The summed E-state index contributed by atoms with van der Waals surface area (Å²) < 4.78 is 0.860. The van der Waals surface area contributed by atoms with Gasteiger partial charge in [-0.2, -0.15) is 0 Å². The molecular formula is C90H92N2O10. The lowest BCUT2D eigenvalue weighted by molar-refractivity contribution is -0.270. The minimum Gasteiger partial charge on any atom is -0.872 e. The van der Waals surface area contributed by atoms with E-state index in [2.05, 4.69) is 121 Å². The van der Waals surface area contributed by atoms with Gasteiger partial charge in [-0.15, -0.1) is 5.75 Å². The lowest BCUT2D eigenvalue weighted by atomic mass is 9.93. The molecule has 12 aromatic rings. The van der Waals surface area contributed by atoms with Crippen LogP contribution in [0, 0.1) is 41.5 Å². The predicted molar refractivity (Wildman–Crippen MR) is 408 cm³/mol. The minimum absolute atomic E-state index is 0.0694. The number of phenols is 7. The van der Waals surface area contributed by atoms with Crippen molar-refractivity contribution in [2.45, 2.75) is 106 Å². The van der Waals surface area contributed by atoms with Gasteiger partial charge in [0.2, 0.25) is 0 Å². The van der Waals surface area contributed by atoms with Crippen LogP contribution in [-0.4, -0.2) is 53.4 Å². The second-order valence-electron chi connectivity index (χ2n) is 26.6. The van der Waals surface area contributed by atoms with Gasteiger partial charge in [-0.3, -0.25) is 9.28 Å². The average molecular weight is 1360 g/mol. The van der Waals surface area contributed by atoms with Gasteiger partial charge in [-0.05, 0) is 134 Å². The Morgan fingerprint density at radius 3 is 0.873 bits per heavy atom. The van der Waals surface area contributed by atoms with Crippen molar-refractivity contribution in [1.82, 2.24) is 4.48 Å². The van der Waals surface area contributed by atoms with Gasteiger partial charge >= 0.3 is 5.97 Å². The smallest absolute Gasteiger partial charge is 0.304 e. The van der Waals surface area contributed by atoms with E-state index in [1.807, 2.05) is 139 Å². The fourth-order valence-corrected chi connectivity index (χ4v) is 13.0. The number of carboxylic acid groups (broad SMARTS) is 1. The Morgan fingerprint density at radius 1 is 0.314 bits per heavy atom. The maximum atomic E-state index is 13.2. The lowest BCUT2D eigenvalue weighted by Gasteiger charge is -2.39. The van der Waals surface area contributed by atoms with Crippen molar-refractivity contribution >= 4 is 11.7 Å². The molecule has 0 aromatic heterocycles. The third kappa shape index (κ3) is 20.8. The Labute approximate surface area is 599 Å². The molecule has 0 unspecified atom stereocenters. The molecule has 12 rings (SSSR count). The standard InChI is InChI=1S/2C30H30O4.C27H26N.C3H7NO2/c2*1-18-7-9-27(31)23(11-18)15-21-5-4-6-22(29(21)33)16-25-13-20(3)14-26(30(25)34)17-24-12-19(2)8-10-28(24)32;1-5-13-24(14-6-1)21-28(27-19-11-4-12-20-27,22-25-15-7-2-8-16-25)23-26-17-9-3-10-18-26;4-2-1-3(5)6/h2*4-14,31-34H,15-17H2,1-3H3;1-20H,21-23H2;1-2,4H2,(H,5,6)/q;;+1;/p-1. The Bertz CT molecular complexity index is 4460. The Hall–Kier alpha value is -11.6. The first-order valence-electron chi connectivity index (χ1n) is 34.3. The number of carbonyl (C=O) groups is 1. The number of quaternary nitrogens is 1. The third-order valence-corrected chi connectivity index (χ3v) is 18.1. The number of hydrogen-bond acceptors (Lipinski definition) is 10. The fraction of sp³-hybridized carbons (Fsp3) is 0.189. The minimum atomic E-state index is -0.836. The van der Waals surface area contributed by atoms with Crippen LogP contribution in [0.3, 0.4) is 0 Å². The molecule has 0 atom stereocenters. The molecule has 0 heterocycles. The number of aliphatic carboxylic acids is 1. The molecule has 0 radical (unpaired) electrons. The van der Waals surface area contributed by atoms with E-state index in [-0.39, 0.29) is 59.0 Å². The molecule has 0 amide bonds. The van der Waals surface area contributed by atoms with E-state index in [0.29, 0.717) is 77.5 Å². The van der Waals surface area contributed by atoms with Crippen LogP contribution in [0.4, 0.5) is 5.69 Å². The van der Waals surface area contributed by atoms with Gasteiger partial charge in [0.1, 0.15) is 65.6 Å². The zero-order valence-electron chi connectivity index (χ0n) is 58.9. The predicted octanol–water partition coefficient (Wildman–Crippen LogP) is 17.8. The van der Waals surface area contributed by atoms with Crippen LogP contribution in [0.25, 0.3) is 0 Å². The Morgan fingerprint density at radius 2 is 0.569 bits per heavy atom. The van der Waals surface area contributed by atoms with Crippen LogP contribution in [0.1, 0.15) is 123 Å². The highest BCUT2D eigenvalue weighted by molar-refractivity contribution is 5.66. The van der Waals surface area contributed by atoms with Gasteiger partial charge in [0.25, 0.3) is 0 Å². The summed E-state index contributed by atoms with van der Waals surface area (Å²) in [5.74, 6) is 0.355. The van der Waals surface area contributed by atoms with Crippen molar-refractivity contribution in [3.63, 3.8) is 0 Å². The van der Waals surface area contributed by atoms with E-state index in [4.69, 9.17) is 10.8 Å². The van der Waals surface area contributed by atoms with Crippen molar-refractivity contribution in [3.05, 3.63) is 372 Å². The number of carboxylic acids is 1. The number of phenolic OH excluding ortho intramolecular Hbond substituents is 7. The van der Waals surface area contributed by atoms with Gasteiger partial charge in [-0.1, -0.05) is 263 Å². The number of aryl methyl sites for hydroxylation is 6. The molecule has 12 heteroatoms. The van der Waals surface area contributed by atoms with Crippen molar-refractivity contribution in [2.75, 3.05) is 6.54 Å². The third-order valence-electron chi connectivity index (χ3n) is 18.1. The highest BCUT2D eigenvalue weighted by Gasteiger charge is 2.32. The van der Waals surface area contributed by atoms with Crippen molar-refractivity contribution in [3.8, 4) is 46.0 Å². The fourth-order valence-electron chi connectivity index (χ4n) is 13.0. The molecule has 0 fully saturated rings. The quantitative estimate of drug-likeness (QED) is 0.0307. The summed E-state index contributed by atoms with van der Waals surface area (Å²) in [6.45, 7) is 14.9. The second-order valence-corrected chi connectivity index (χ2v) is 26.6. The van der Waals surface area contributed by atoms with Crippen LogP contribution in [0.2, 0.25) is 0 Å². The number of para-hydroxylation sites is 3. The van der Waals surface area contributed by atoms with E-state index in [1.54, 1.807) is 36.4 Å². The van der Waals surface area contributed by atoms with Crippen LogP contribution in [-0.2, 0) is 63.0 Å². The zero-order valence-corrected chi connectivity index (χ0v) is 58.9. The van der Waals surface area contributed by atoms with E-state index >= 15 is 0 Å². The first-order valence-corrected chi connectivity index (χ1v) is 34.3. The van der Waals surface area contributed by atoms with Crippen LogP contribution in [0.5, 0.6) is 46.0 Å².